The number of halogens is 1. The van der Waals surface area contributed by atoms with Crippen LogP contribution in [-0.2, 0) is 4.74 Å². The Morgan fingerprint density at radius 2 is 1.89 bits per heavy atom. The molecule has 0 spiro atoms. The molecule has 1 aromatic heterocycles. The lowest BCUT2D eigenvalue weighted by molar-refractivity contribution is 0.0947. The van der Waals surface area contributed by atoms with Crippen LogP contribution in [0.4, 0.5) is 5.95 Å². The Hall–Kier alpha value is -1.14. The van der Waals surface area contributed by atoms with Crippen LogP contribution in [0.2, 0.25) is 5.28 Å². The second-order valence-corrected chi connectivity index (χ2v) is 4.23. The van der Waals surface area contributed by atoms with Gasteiger partial charge in [-0.05, 0) is 18.0 Å². The van der Waals surface area contributed by atoms with E-state index in [1.54, 1.807) is 4.90 Å². The molecule has 1 rings (SSSR count). The van der Waals surface area contributed by atoms with Gasteiger partial charge in [0.15, 0.2) is 0 Å². The lowest BCUT2D eigenvalue weighted by atomic mass is 10.4. The molecule has 1 heterocycles. The molecule has 0 saturated carbocycles. The number of hydrogen-bond acceptors (Lipinski definition) is 6. The van der Waals surface area contributed by atoms with Crippen molar-refractivity contribution in [2.45, 2.75) is 19.8 Å². The summed E-state index contributed by atoms with van der Waals surface area (Å²) in [5, 5.41) is 0.121. The Balaban J connectivity index is 2.37. The van der Waals surface area contributed by atoms with Gasteiger partial charge in [-0.15, -0.1) is 0 Å². The predicted molar refractivity (Wildman–Crippen MR) is 70.4 cm³/mol. The van der Waals surface area contributed by atoms with Crippen molar-refractivity contribution in [3.8, 4) is 6.01 Å². The summed E-state index contributed by atoms with van der Waals surface area (Å²) in [6.07, 6.45) is 2.18. The third kappa shape index (κ3) is 5.46. The van der Waals surface area contributed by atoms with Gasteiger partial charge < -0.3 is 14.4 Å². The number of unbranched alkanes of at least 4 members (excludes halogenated alkanes) is 1. The molecule has 0 aromatic carbocycles. The van der Waals surface area contributed by atoms with E-state index in [1.165, 1.54) is 0 Å². The smallest absolute Gasteiger partial charge is 0.322 e. The zero-order valence-corrected chi connectivity index (χ0v) is 11.8. The molecular formula is C11H19ClN4O2. The molecule has 0 aliphatic carbocycles. The van der Waals surface area contributed by atoms with E-state index in [2.05, 4.69) is 21.9 Å². The monoisotopic (exact) mass is 274 g/mol. The van der Waals surface area contributed by atoms with E-state index < -0.39 is 0 Å². The number of anilines is 1. The predicted octanol–water partition coefficient (Wildman–Crippen LogP) is 1.79. The van der Waals surface area contributed by atoms with Crippen LogP contribution in [-0.4, -0.2) is 48.9 Å². The first-order chi connectivity index (χ1) is 8.63. The van der Waals surface area contributed by atoms with Crippen LogP contribution in [0.1, 0.15) is 19.8 Å². The maximum absolute atomic E-state index is 5.78. The molecule has 18 heavy (non-hydrogen) atoms. The Bertz CT molecular complexity index is 363. The van der Waals surface area contributed by atoms with Crippen molar-refractivity contribution in [1.82, 2.24) is 15.0 Å². The minimum atomic E-state index is 0.121. The van der Waals surface area contributed by atoms with Gasteiger partial charge >= 0.3 is 6.01 Å². The van der Waals surface area contributed by atoms with Gasteiger partial charge in [0.2, 0.25) is 11.2 Å². The molecule has 0 aliphatic rings. The standard InChI is InChI=1S/C11H19ClN4O2/c1-4-5-6-17-7-8-18-11-14-9(12)13-10(15-11)16(2)3/h4-8H2,1-3H3. The van der Waals surface area contributed by atoms with Crippen molar-refractivity contribution in [2.24, 2.45) is 0 Å². The van der Waals surface area contributed by atoms with Crippen LogP contribution < -0.4 is 9.64 Å². The van der Waals surface area contributed by atoms with E-state index in [0.29, 0.717) is 19.2 Å². The highest BCUT2D eigenvalue weighted by atomic mass is 35.5. The van der Waals surface area contributed by atoms with Crippen molar-refractivity contribution in [2.75, 3.05) is 38.8 Å². The first-order valence-electron chi connectivity index (χ1n) is 5.93. The minimum Gasteiger partial charge on any atom is -0.461 e. The van der Waals surface area contributed by atoms with Gasteiger partial charge in [0.25, 0.3) is 0 Å². The van der Waals surface area contributed by atoms with Crippen LogP contribution in [0, 0.1) is 0 Å². The normalized spacial score (nSPS) is 10.4. The highest BCUT2D eigenvalue weighted by Crippen LogP contribution is 2.12. The molecule has 0 bridgehead atoms. The molecule has 6 nitrogen and oxygen atoms in total. The van der Waals surface area contributed by atoms with Crippen molar-refractivity contribution >= 4 is 17.5 Å². The number of aromatic nitrogens is 3. The van der Waals surface area contributed by atoms with Gasteiger partial charge in [-0.3, -0.25) is 0 Å². The summed E-state index contributed by atoms with van der Waals surface area (Å²) in [6.45, 7) is 3.79. The van der Waals surface area contributed by atoms with Crippen LogP contribution >= 0.6 is 11.6 Å². The Morgan fingerprint density at radius 1 is 1.11 bits per heavy atom. The molecule has 7 heteroatoms. The van der Waals surface area contributed by atoms with Crippen LogP contribution in [0.15, 0.2) is 0 Å². The number of rotatable bonds is 8. The van der Waals surface area contributed by atoms with Crippen LogP contribution in [0.3, 0.4) is 0 Å². The number of ether oxygens (including phenoxy) is 2. The Labute approximate surface area is 112 Å². The molecule has 0 N–H and O–H groups in total. The average Bonchev–Trinajstić information content (AvgIpc) is 2.33. The minimum absolute atomic E-state index is 0.121. The fourth-order valence-corrected chi connectivity index (χ4v) is 1.27. The van der Waals surface area contributed by atoms with E-state index in [0.717, 1.165) is 19.4 Å². The SMILES string of the molecule is CCCCOCCOc1nc(Cl)nc(N(C)C)n1. The largest absolute Gasteiger partial charge is 0.461 e. The maximum Gasteiger partial charge on any atom is 0.322 e. The lowest BCUT2D eigenvalue weighted by Crippen LogP contribution is -2.15. The van der Waals surface area contributed by atoms with Gasteiger partial charge in [-0.1, -0.05) is 13.3 Å². The van der Waals surface area contributed by atoms with Gasteiger partial charge in [0.1, 0.15) is 6.61 Å². The molecule has 0 fully saturated rings. The van der Waals surface area contributed by atoms with Crippen molar-refractivity contribution in [1.29, 1.82) is 0 Å². The van der Waals surface area contributed by atoms with Crippen molar-refractivity contribution < 1.29 is 9.47 Å². The summed E-state index contributed by atoms with van der Waals surface area (Å²) in [5.41, 5.74) is 0. The molecule has 0 radical (unpaired) electrons. The van der Waals surface area contributed by atoms with E-state index in [-0.39, 0.29) is 11.3 Å². The van der Waals surface area contributed by atoms with Crippen molar-refractivity contribution in [3.05, 3.63) is 5.28 Å². The fourth-order valence-electron chi connectivity index (χ4n) is 1.13. The molecule has 0 amide bonds. The molecule has 0 aliphatic heterocycles. The highest BCUT2D eigenvalue weighted by Gasteiger charge is 2.07. The summed E-state index contributed by atoms with van der Waals surface area (Å²) in [7, 11) is 3.65. The fraction of sp³-hybridized carbons (Fsp3) is 0.727. The van der Waals surface area contributed by atoms with E-state index in [9.17, 15) is 0 Å². The Morgan fingerprint density at radius 3 is 2.56 bits per heavy atom. The van der Waals surface area contributed by atoms with E-state index >= 15 is 0 Å². The van der Waals surface area contributed by atoms with Gasteiger partial charge in [-0.25, -0.2) is 0 Å². The Kier molecular flexibility index (Phi) is 6.67. The summed E-state index contributed by atoms with van der Waals surface area (Å²) in [6, 6.07) is 0.220. The molecule has 0 saturated heterocycles. The van der Waals surface area contributed by atoms with Crippen LogP contribution in [0.25, 0.3) is 0 Å². The quantitative estimate of drug-likeness (QED) is 0.674. The third-order valence-corrected chi connectivity index (χ3v) is 2.25. The molecule has 1 aromatic rings. The van der Waals surface area contributed by atoms with Gasteiger partial charge in [0, 0.05) is 20.7 Å². The summed E-state index contributed by atoms with van der Waals surface area (Å²) in [4.78, 5) is 13.7. The molecule has 0 atom stereocenters. The number of nitrogens with zero attached hydrogens (tertiary/aromatic N) is 4. The average molecular weight is 275 g/mol. The third-order valence-electron chi connectivity index (χ3n) is 2.08. The van der Waals surface area contributed by atoms with E-state index in [4.69, 9.17) is 21.1 Å². The zero-order valence-electron chi connectivity index (χ0n) is 11.0. The topological polar surface area (TPSA) is 60.4 Å². The summed E-state index contributed by atoms with van der Waals surface area (Å²) < 4.78 is 10.7. The highest BCUT2D eigenvalue weighted by molar-refractivity contribution is 6.28. The molecule has 102 valence electrons. The van der Waals surface area contributed by atoms with E-state index in [1.807, 2.05) is 14.1 Å². The number of hydrogen-bond donors (Lipinski definition) is 0. The first kappa shape index (κ1) is 14.9. The molecular weight excluding hydrogens is 256 g/mol. The summed E-state index contributed by atoms with van der Waals surface area (Å²) in [5.74, 6) is 0.469. The molecule has 0 unspecified atom stereocenters. The van der Waals surface area contributed by atoms with Crippen LogP contribution in [0.5, 0.6) is 6.01 Å². The lowest BCUT2D eigenvalue weighted by Gasteiger charge is -2.11. The maximum atomic E-state index is 5.78. The second-order valence-electron chi connectivity index (χ2n) is 3.90. The second kappa shape index (κ2) is 8.05. The summed E-state index contributed by atoms with van der Waals surface area (Å²) >= 11 is 5.78. The first-order valence-corrected chi connectivity index (χ1v) is 6.30. The van der Waals surface area contributed by atoms with Gasteiger partial charge in [-0.2, -0.15) is 15.0 Å². The van der Waals surface area contributed by atoms with Crippen molar-refractivity contribution in [3.63, 3.8) is 0 Å². The zero-order chi connectivity index (χ0) is 13.4. The van der Waals surface area contributed by atoms with Gasteiger partial charge in [0.05, 0.1) is 6.61 Å².